The number of aryl methyl sites for hydroxylation is 2. The highest BCUT2D eigenvalue weighted by Crippen LogP contribution is 2.36. The molecule has 1 aromatic rings. The van der Waals surface area contributed by atoms with Crippen LogP contribution in [0.15, 0.2) is 0 Å². The molecule has 3 nitrogen and oxygen atoms in total. The van der Waals surface area contributed by atoms with E-state index in [1.54, 1.807) is 4.68 Å². The highest BCUT2D eigenvalue weighted by Gasteiger charge is 2.29. The lowest BCUT2D eigenvalue weighted by atomic mass is 9.76. The number of nitrogens with two attached hydrogens (primary N) is 1. The molecule has 0 bridgehead atoms. The average molecular weight is 179 g/mol. The summed E-state index contributed by atoms with van der Waals surface area (Å²) in [6.45, 7) is 4.59. The molecule has 0 unspecified atom stereocenters. The number of nitrogens with zero attached hydrogens (tertiary/aromatic N) is 2. The number of anilines is 1. The Morgan fingerprint density at radius 3 is 2.85 bits per heavy atom. The minimum absolute atomic E-state index is 0.393. The number of nitrogen functional groups attached to an aromatic ring is 1. The molecule has 1 heterocycles. The number of aromatic nitrogens is 2. The van der Waals surface area contributed by atoms with Crippen LogP contribution in [0.4, 0.5) is 5.82 Å². The second-order valence-corrected chi connectivity index (χ2v) is 4.78. The quantitative estimate of drug-likeness (QED) is 0.656. The minimum Gasteiger partial charge on any atom is -0.384 e. The van der Waals surface area contributed by atoms with E-state index in [9.17, 15) is 0 Å². The third kappa shape index (κ3) is 1.32. The second kappa shape index (κ2) is 2.50. The van der Waals surface area contributed by atoms with E-state index in [0.717, 1.165) is 18.7 Å². The van der Waals surface area contributed by atoms with Crippen LogP contribution in [0.5, 0.6) is 0 Å². The molecule has 13 heavy (non-hydrogen) atoms. The molecule has 0 fully saturated rings. The van der Waals surface area contributed by atoms with Gasteiger partial charge in [-0.2, -0.15) is 5.10 Å². The van der Waals surface area contributed by atoms with Crippen molar-refractivity contribution >= 4 is 5.82 Å². The van der Waals surface area contributed by atoms with Gasteiger partial charge in [-0.3, -0.25) is 4.68 Å². The van der Waals surface area contributed by atoms with Crippen molar-refractivity contribution in [3.63, 3.8) is 0 Å². The Morgan fingerprint density at radius 1 is 1.46 bits per heavy atom. The summed E-state index contributed by atoms with van der Waals surface area (Å²) in [7, 11) is 1.92. The van der Waals surface area contributed by atoms with E-state index in [1.165, 1.54) is 17.7 Å². The Balaban J connectivity index is 2.44. The zero-order valence-corrected chi connectivity index (χ0v) is 8.59. The van der Waals surface area contributed by atoms with Crippen LogP contribution in [-0.2, 0) is 19.9 Å². The highest BCUT2D eigenvalue weighted by atomic mass is 15.3. The summed E-state index contributed by atoms with van der Waals surface area (Å²) in [5.74, 6) is 0.850. The van der Waals surface area contributed by atoms with Crippen LogP contribution in [0.2, 0.25) is 0 Å². The molecule has 1 aliphatic carbocycles. The fourth-order valence-corrected chi connectivity index (χ4v) is 2.06. The van der Waals surface area contributed by atoms with E-state index in [4.69, 9.17) is 5.73 Å². The van der Waals surface area contributed by atoms with Crippen LogP contribution < -0.4 is 5.73 Å². The van der Waals surface area contributed by atoms with Gasteiger partial charge in [-0.05, 0) is 24.7 Å². The molecule has 0 spiro atoms. The highest BCUT2D eigenvalue weighted by molar-refractivity contribution is 5.45. The third-order valence-corrected chi connectivity index (χ3v) is 2.97. The van der Waals surface area contributed by atoms with E-state index in [1.807, 2.05) is 7.05 Å². The van der Waals surface area contributed by atoms with E-state index < -0.39 is 0 Å². The van der Waals surface area contributed by atoms with Gasteiger partial charge in [0.2, 0.25) is 0 Å². The lowest BCUT2D eigenvalue weighted by Crippen LogP contribution is -2.22. The molecule has 72 valence electrons. The third-order valence-electron chi connectivity index (χ3n) is 2.97. The van der Waals surface area contributed by atoms with Gasteiger partial charge in [-0.15, -0.1) is 0 Å². The number of hydrogen-bond acceptors (Lipinski definition) is 2. The largest absolute Gasteiger partial charge is 0.384 e. The zero-order chi connectivity index (χ0) is 9.64. The maximum absolute atomic E-state index is 5.94. The van der Waals surface area contributed by atoms with Crippen molar-refractivity contribution in [2.24, 2.45) is 12.5 Å². The van der Waals surface area contributed by atoms with Crippen molar-refractivity contribution in [2.45, 2.75) is 33.1 Å². The molecule has 3 heteroatoms. The summed E-state index contributed by atoms with van der Waals surface area (Å²) < 4.78 is 1.80. The van der Waals surface area contributed by atoms with Crippen molar-refractivity contribution in [1.29, 1.82) is 0 Å². The lowest BCUT2D eigenvalue weighted by molar-refractivity contribution is 0.314. The average Bonchev–Trinajstić information content (AvgIpc) is 2.29. The first kappa shape index (κ1) is 8.60. The predicted octanol–water partition coefficient (Wildman–Crippen LogP) is 1.52. The van der Waals surface area contributed by atoms with E-state index >= 15 is 0 Å². The molecule has 0 saturated carbocycles. The minimum atomic E-state index is 0.393. The molecule has 1 aromatic heterocycles. The summed E-state index contributed by atoms with van der Waals surface area (Å²) in [6, 6.07) is 0. The molecule has 0 radical (unpaired) electrons. The molecule has 2 N–H and O–H groups in total. The molecule has 0 aromatic carbocycles. The summed E-state index contributed by atoms with van der Waals surface area (Å²) in [6.07, 6.45) is 3.37. The van der Waals surface area contributed by atoms with Crippen molar-refractivity contribution in [3.8, 4) is 0 Å². The molecule has 1 aliphatic rings. The number of fused-ring (bicyclic) bond motifs is 1. The Kier molecular flexibility index (Phi) is 1.65. The molecule has 0 atom stereocenters. The van der Waals surface area contributed by atoms with Crippen LogP contribution in [-0.4, -0.2) is 9.78 Å². The maximum Gasteiger partial charge on any atom is 0.124 e. The van der Waals surface area contributed by atoms with Crippen LogP contribution in [0.3, 0.4) is 0 Å². The predicted molar refractivity (Wildman–Crippen MR) is 53.4 cm³/mol. The number of rotatable bonds is 0. The first-order valence-electron chi connectivity index (χ1n) is 4.80. The van der Waals surface area contributed by atoms with Gasteiger partial charge >= 0.3 is 0 Å². The Hall–Kier alpha value is -0.990. The van der Waals surface area contributed by atoms with Crippen LogP contribution in [0, 0.1) is 5.41 Å². The van der Waals surface area contributed by atoms with Gasteiger partial charge in [0, 0.05) is 12.6 Å². The fourth-order valence-electron chi connectivity index (χ4n) is 2.06. The smallest absolute Gasteiger partial charge is 0.124 e. The van der Waals surface area contributed by atoms with Crippen LogP contribution in [0.1, 0.15) is 31.5 Å². The van der Waals surface area contributed by atoms with E-state index in [0.29, 0.717) is 5.41 Å². The van der Waals surface area contributed by atoms with Crippen molar-refractivity contribution in [1.82, 2.24) is 9.78 Å². The summed E-state index contributed by atoms with van der Waals surface area (Å²) in [4.78, 5) is 0. The molecular formula is C10H17N3. The second-order valence-electron chi connectivity index (χ2n) is 4.78. The number of hydrogen-bond donors (Lipinski definition) is 1. The Labute approximate surface area is 78.9 Å². The lowest BCUT2D eigenvalue weighted by Gasteiger charge is -2.28. The van der Waals surface area contributed by atoms with E-state index in [-0.39, 0.29) is 0 Å². The standard InChI is InChI=1S/C10H17N3/c1-10(2)5-4-8-7(6-10)9(11)13(3)12-8/h4-6,11H2,1-3H3. The van der Waals surface area contributed by atoms with Crippen LogP contribution >= 0.6 is 0 Å². The monoisotopic (exact) mass is 179 g/mol. The van der Waals surface area contributed by atoms with Gasteiger partial charge in [0.05, 0.1) is 5.69 Å². The Morgan fingerprint density at radius 2 is 2.15 bits per heavy atom. The zero-order valence-electron chi connectivity index (χ0n) is 8.59. The normalized spacial score (nSPS) is 19.9. The molecule has 2 rings (SSSR count). The molecule has 0 aliphatic heterocycles. The topological polar surface area (TPSA) is 43.8 Å². The van der Waals surface area contributed by atoms with Crippen molar-refractivity contribution < 1.29 is 0 Å². The first-order chi connectivity index (χ1) is 5.99. The molecule has 0 amide bonds. The Bertz CT molecular complexity index is 336. The van der Waals surface area contributed by atoms with Gasteiger partial charge < -0.3 is 5.73 Å². The van der Waals surface area contributed by atoms with Crippen molar-refractivity contribution in [3.05, 3.63) is 11.3 Å². The van der Waals surface area contributed by atoms with Gasteiger partial charge in [0.15, 0.2) is 0 Å². The van der Waals surface area contributed by atoms with Crippen LogP contribution in [0.25, 0.3) is 0 Å². The summed E-state index contributed by atoms with van der Waals surface area (Å²) in [5.41, 5.74) is 8.82. The van der Waals surface area contributed by atoms with Gasteiger partial charge in [-0.1, -0.05) is 13.8 Å². The van der Waals surface area contributed by atoms with Gasteiger partial charge in [0.1, 0.15) is 5.82 Å². The molecular weight excluding hydrogens is 162 g/mol. The van der Waals surface area contributed by atoms with Gasteiger partial charge in [-0.25, -0.2) is 0 Å². The molecule has 0 saturated heterocycles. The van der Waals surface area contributed by atoms with Crippen molar-refractivity contribution in [2.75, 3.05) is 5.73 Å². The first-order valence-corrected chi connectivity index (χ1v) is 4.80. The fraction of sp³-hybridized carbons (Fsp3) is 0.700. The summed E-state index contributed by atoms with van der Waals surface area (Å²) in [5, 5.41) is 4.41. The SMILES string of the molecule is Cn1nc2c(c1N)CC(C)(C)CC2. The summed E-state index contributed by atoms with van der Waals surface area (Å²) >= 11 is 0. The van der Waals surface area contributed by atoms with Gasteiger partial charge in [0.25, 0.3) is 0 Å². The van der Waals surface area contributed by atoms with E-state index in [2.05, 4.69) is 18.9 Å². The maximum atomic E-state index is 5.94.